The molecule has 1 fully saturated rings. The van der Waals surface area contributed by atoms with Crippen molar-refractivity contribution >= 4 is 18.1 Å². The summed E-state index contributed by atoms with van der Waals surface area (Å²) in [5.74, 6) is 0.513. The van der Waals surface area contributed by atoms with E-state index in [0.717, 1.165) is 31.7 Å². The number of benzene rings is 1. The van der Waals surface area contributed by atoms with Crippen LogP contribution in [0.4, 0.5) is 5.95 Å². The van der Waals surface area contributed by atoms with Crippen LogP contribution in [-0.2, 0) is 6.54 Å². The molecular formula is C18H21N5O2. The fourth-order valence-electron chi connectivity index (χ4n) is 2.80. The lowest BCUT2D eigenvalue weighted by molar-refractivity contribution is 0.0782. The molecule has 0 unspecified atom stereocenters. The van der Waals surface area contributed by atoms with Crippen LogP contribution in [0, 0.1) is 0 Å². The Balaban J connectivity index is 1.67. The Bertz CT molecular complexity index is 741. The quantitative estimate of drug-likeness (QED) is 0.818. The van der Waals surface area contributed by atoms with Gasteiger partial charge in [-0.15, -0.1) is 0 Å². The number of carbonyl (C=O) groups excluding carboxylic acids is 2. The first kappa shape index (κ1) is 17.0. The van der Waals surface area contributed by atoms with Crippen molar-refractivity contribution in [2.75, 3.05) is 38.1 Å². The summed E-state index contributed by atoms with van der Waals surface area (Å²) in [6, 6.07) is 6.79. The van der Waals surface area contributed by atoms with Gasteiger partial charge in [0.05, 0.1) is 5.56 Å². The molecule has 7 heteroatoms. The summed E-state index contributed by atoms with van der Waals surface area (Å²) in [4.78, 5) is 36.2. The summed E-state index contributed by atoms with van der Waals surface area (Å²) in [6.07, 6.45) is 4.20. The van der Waals surface area contributed by atoms with Crippen LogP contribution in [0.15, 0.2) is 36.7 Å². The number of anilines is 1. The van der Waals surface area contributed by atoms with E-state index in [0.29, 0.717) is 29.9 Å². The number of hydrogen-bond donors (Lipinski definition) is 1. The molecular weight excluding hydrogens is 318 g/mol. The number of rotatable bonds is 5. The van der Waals surface area contributed by atoms with E-state index in [1.807, 2.05) is 0 Å². The zero-order chi connectivity index (χ0) is 17.6. The van der Waals surface area contributed by atoms with Gasteiger partial charge < -0.3 is 15.1 Å². The Labute approximate surface area is 146 Å². The summed E-state index contributed by atoms with van der Waals surface area (Å²) in [7, 11) is 1.70. The van der Waals surface area contributed by atoms with Crippen molar-refractivity contribution in [2.24, 2.45) is 0 Å². The van der Waals surface area contributed by atoms with Gasteiger partial charge in [0.1, 0.15) is 0 Å². The summed E-state index contributed by atoms with van der Waals surface area (Å²) in [6.45, 7) is 4.02. The molecule has 3 rings (SSSR count). The fourth-order valence-corrected chi connectivity index (χ4v) is 2.80. The Morgan fingerprint density at radius 1 is 1.24 bits per heavy atom. The molecule has 0 radical (unpaired) electrons. The largest absolute Gasteiger partial charge is 0.338 e. The minimum atomic E-state index is -0.200. The van der Waals surface area contributed by atoms with Crippen LogP contribution in [0.5, 0.6) is 0 Å². The molecule has 0 saturated carbocycles. The lowest BCUT2D eigenvalue weighted by atomic mass is 10.1. The highest BCUT2D eigenvalue weighted by Crippen LogP contribution is 2.13. The molecule has 1 aromatic carbocycles. The predicted molar refractivity (Wildman–Crippen MR) is 94.7 cm³/mol. The van der Waals surface area contributed by atoms with Gasteiger partial charge in [0.25, 0.3) is 5.91 Å². The van der Waals surface area contributed by atoms with E-state index < -0.39 is 0 Å². The minimum absolute atomic E-state index is 0.200. The first-order valence-electron chi connectivity index (χ1n) is 8.25. The van der Waals surface area contributed by atoms with Crippen molar-refractivity contribution in [3.63, 3.8) is 0 Å². The summed E-state index contributed by atoms with van der Waals surface area (Å²) in [5, 5.41) is 3.29. The number of amides is 1. The van der Waals surface area contributed by atoms with Crippen molar-refractivity contribution < 1.29 is 9.59 Å². The van der Waals surface area contributed by atoms with Gasteiger partial charge >= 0.3 is 0 Å². The first-order valence-corrected chi connectivity index (χ1v) is 8.25. The zero-order valence-electron chi connectivity index (χ0n) is 14.2. The van der Waals surface area contributed by atoms with Crippen molar-refractivity contribution in [1.82, 2.24) is 20.2 Å². The molecule has 2 heterocycles. The fraction of sp³-hybridized carbons (Fsp3) is 0.333. The number of nitrogens with zero attached hydrogens (tertiary/aromatic N) is 4. The van der Waals surface area contributed by atoms with Crippen molar-refractivity contribution in [3.05, 3.63) is 53.3 Å². The molecule has 1 aliphatic rings. The third-order valence-corrected chi connectivity index (χ3v) is 4.18. The summed E-state index contributed by atoms with van der Waals surface area (Å²) < 4.78 is 0. The molecule has 7 nitrogen and oxygen atoms in total. The molecule has 0 bridgehead atoms. The van der Waals surface area contributed by atoms with Crippen LogP contribution >= 0.6 is 0 Å². The van der Waals surface area contributed by atoms with Gasteiger partial charge in [-0.25, -0.2) is 9.97 Å². The van der Waals surface area contributed by atoms with E-state index in [-0.39, 0.29) is 5.91 Å². The summed E-state index contributed by atoms with van der Waals surface area (Å²) in [5.41, 5.74) is 1.64. The molecule has 1 amide bonds. The van der Waals surface area contributed by atoms with Crippen molar-refractivity contribution in [2.45, 2.75) is 6.54 Å². The van der Waals surface area contributed by atoms with Gasteiger partial charge in [-0.05, 0) is 6.07 Å². The highest BCUT2D eigenvalue weighted by molar-refractivity contribution is 6.01. The SMILES string of the molecule is CN(Cc1cnc(N2CCNCC2)nc1)C(=O)c1ccccc1C=O. The Kier molecular flexibility index (Phi) is 5.35. The second-order valence-electron chi connectivity index (χ2n) is 5.99. The van der Waals surface area contributed by atoms with Crippen LogP contribution < -0.4 is 10.2 Å². The van der Waals surface area contributed by atoms with E-state index in [9.17, 15) is 9.59 Å². The lowest BCUT2D eigenvalue weighted by Gasteiger charge is -2.27. The second-order valence-corrected chi connectivity index (χ2v) is 5.99. The van der Waals surface area contributed by atoms with Gasteiger partial charge in [0.15, 0.2) is 6.29 Å². The van der Waals surface area contributed by atoms with E-state index in [1.165, 1.54) is 0 Å². The van der Waals surface area contributed by atoms with E-state index in [2.05, 4.69) is 20.2 Å². The van der Waals surface area contributed by atoms with Crippen molar-refractivity contribution in [1.29, 1.82) is 0 Å². The molecule has 1 aromatic heterocycles. The minimum Gasteiger partial charge on any atom is -0.338 e. The average Bonchev–Trinajstić information content (AvgIpc) is 2.68. The van der Waals surface area contributed by atoms with Crippen LogP contribution in [-0.4, -0.2) is 60.3 Å². The smallest absolute Gasteiger partial charge is 0.254 e. The number of aldehydes is 1. The van der Waals surface area contributed by atoms with Crippen molar-refractivity contribution in [3.8, 4) is 0 Å². The molecule has 1 saturated heterocycles. The second kappa shape index (κ2) is 7.85. The average molecular weight is 339 g/mol. The maximum Gasteiger partial charge on any atom is 0.254 e. The maximum absolute atomic E-state index is 12.6. The molecule has 1 aliphatic heterocycles. The number of hydrogen-bond acceptors (Lipinski definition) is 6. The van der Waals surface area contributed by atoms with Crippen LogP contribution in [0.25, 0.3) is 0 Å². The molecule has 0 spiro atoms. The normalized spacial score (nSPS) is 14.2. The van der Waals surface area contributed by atoms with Gasteiger partial charge in [-0.3, -0.25) is 9.59 Å². The Morgan fingerprint density at radius 2 is 1.92 bits per heavy atom. The van der Waals surface area contributed by atoms with E-state index >= 15 is 0 Å². The van der Waals surface area contributed by atoms with Crippen LogP contribution in [0.1, 0.15) is 26.3 Å². The maximum atomic E-state index is 12.6. The lowest BCUT2D eigenvalue weighted by Crippen LogP contribution is -2.44. The monoisotopic (exact) mass is 339 g/mol. The highest BCUT2D eigenvalue weighted by atomic mass is 16.2. The molecule has 25 heavy (non-hydrogen) atoms. The van der Waals surface area contributed by atoms with Gasteiger partial charge in [-0.1, -0.05) is 18.2 Å². The third-order valence-electron chi connectivity index (χ3n) is 4.18. The number of carbonyl (C=O) groups is 2. The standard InChI is InChI=1S/C18H21N5O2/c1-22(17(25)16-5-3-2-4-15(16)13-24)12-14-10-20-18(21-11-14)23-8-6-19-7-9-23/h2-5,10-11,13,19H,6-9,12H2,1H3. The van der Waals surface area contributed by atoms with E-state index in [1.54, 1.807) is 48.6 Å². The predicted octanol–water partition coefficient (Wildman–Crippen LogP) is 0.971. The highest BCUT2D eigenvalue weighted by Gasteiger charge is 2.17. The van der Waals surface area contributed by atoms with E-state index in [4.69, 9.17) is 0 Å². The van der Waals surface area contributed by atoms with Crippen LogP contribution in [0.3, 0.4) is 0 Å². The van der Waals surface area contributed by atoms with Gasteiger partial charge in [0, 0.05) is 63.3 Å². The molecule has 130 valence electrons. The molecule has 1 N–H and O–H groups in total. The number of aromatic nitrogens is 2. The zero-order valence-corrected chi connectivity index (χ0v) is 14.2. The van der Waals surface area contributed by atoms with Gasteiger partial charge in [-0.2, -0.15) is 0 Å². The van der Waals surface area contributed by atoms with Gasteiger partial charge in [0.2, 0.25) is 5.95 Å². The topological polar surface area (TPSA) is 78.4 Å². The number of nitrogens with one attached hydrogen (secondary N) is 1. The molecule has 2 aromatic rings. The summed E-state index contributed by atoms with van der Waals surface area (Å²) >= 11 is 0. The first-order chi connectivity index (χ1) is 12.2. The van der Waals surface area contributed by atoms with Crippen LogP contribution in [0.2, 0.25) is 0 Å². The Morgan fingerprint density at radius 3 is 2.60 bits per heavy atom. The molecule has 0 atom stereocenters. The third kappa shape index (κ3) is 4.00. The number of piperazine rings is 1. The molecule has 0 aliphatic carbocycles. The Hall–Kier alpha value is -2.80.